The number of rotatable bonds is 4. The third-order valence-corrected chi connectivity index (χ3v) is 4.53. The lowest BCUT2D eigenvalue weighted by Crippen LogP contribution is -2.31. The van der Waals surface area contributed by atoms with Gasteiger partial charge in [0.1, 0.15) is 23.8 Å². The monoisotopic (exact) mass is 334 g/mol. The van der Waals surface area contributed by atoms with Gasteiger partial charge in [-0.15, -0.1) is 0 Å². The predicted molar refractivity (Wildman–Crippen MR) is 97.0 cm³/mol. The lowest BCUT2D eigenvalue weighted by molar-refractivity contribution is 0.613. The second-order valence-electron chi connectivity index (χ2n) is 6.15. The summed E-state index contributed by atoms with van der Waals surface area (Å²) in [5, 5.41) is 3.18. The molecule has 5 heteroatoms. The topological polar surface area (TPSA) is 41.0 Å². The minimum atomic E-state index is -0.211. The molecule has 0 fully saturated rings. The van der Waals surface area contributed by atoms with Gasteiger partial charge in [-0.25, -0.2) is 14.4 Å². The highest BCUT2D eigenvalue weighted by Gasteiger charge is 2.17. The summed E-state index contributed by atoms with van der Waals surface area (Å²) >= 11 is 0. The van der Waals surface area contributed by atoms with Crippen molar-refractivity contribution in [3.05, 3.63) is 83.4 Å². The number of aromatic nitrogens is 2. The summed E-state index contributed by atoms with van der Waals surface area (Å²) in [7, 11) is 0. The Balaban J connectivity index is 1.48. The number of benzene rings is 2. The third-order valence-electron chi connectivity index (χ3n) is 4.53. The zero-order chi connectivity index (χ0) is 17.1. The molecule has 0 aliphatic carbocycles. The molecule has 2 aromatic carbocycles. The van der Waals surface area contributed by atoms with E-state index >= 15 is 0 Å². The van der Waals surface area contributed by atoms with Gasteiger partial charge in [-0.05, 0) is 23.6 Å². The molecule has 2 heterocycles. The van der Waals surface area contributed by atoms with E-state index in [0.717, 1.165) is 25.3 Å². The first kappa shape index (κ1) is 15.6. The van der Waals surface area contributed by atoms with Crippen LogP contribution in [-0.4, -0.2) is 16.5 Å². The Morgan fingerprint density at radius 2 is 1.80 bits per heavy atom. The summed E-state index contributed by atoms with van der Waals surface area (Å²) in [6.07, 6.45) is 2.57. The summed E-state index contributed by atoms with van der Waals surface area (Å²) in [6, 6.07) is 17.2. The zero-order valence-corrected chi connectivity index (χ0v) is 13.8. The van der Waals surface area contributed by atoms with Gasteiger partial charge in [-0.3, -0.25) is 0 Å². The molecule has 4 nitrogen and oxygen atoms in total. The molecular formula is C20H19FN4. The highest BCUT2D eigenvalue weighted by Crippen LogP contribution is 2.24. The van der Waals surface area contributed by atoms with Crippen molar-refractivity contribution in [2.45, 2.75) is 19.5 Å². The Kier molecular flexibility index (Phi) is 4.29. The quantitative estimate of drug-likeness (QED) is 0.788. The summed E-state index contributed by atoms with van der Waals surface area (Å²) in [5.41, 5.74) is 3.37. The van der Waals surface area contributed by atoms with Gasteiger partial charge < -0.3 is 10.2 Å². The Bertz CT molecular complexity index is 881. The fraction of sp³-hybridized carbons (Fsp3) is 0.200. The largest absolute Gasteiger partial charge is 0.366 e. The number of fused-ring (bicyclic) bond motifs is 1. The number of nitrogens with zero attached hydrogens (tertiary/aromatic N) is 3. The van der Waals surface area contributed by atoms with Gasteiger partial charge in [-0.2, -0.15) is 0 Å². The normalized spacial score (nSPS) is 13.4. The molecule has 1 aromatic heterocycles. The van der Waals surface area contributed by atoms with Crippen LogP contribution in [-0.2, 0) is 19.5 Å². The number of anilines is 2. The average Bonchev–Trinajstić information content (AvgIpc) is 2.67. The summed E-state index contributed by atoms with van der Waals surface area (Å²) in [6.45, 7) is 2.17. The first-order valence-electron chi connectivity index (χ1n) is 8.40. The number of hydrogen-bond acceptors (Lipinski definition) is 4. The van der Waals surface area contributed by atoms with Gasteiger partial charge in [-0.1, -0.05) is 42.5 Å². The van der Waals surface area contributed by atoms with Crippen molar-refractivity contribution in [3.8, 4) is 0 Å². The fourth-order valence-corrected chi connectivity index (χ4v) is 3.14. The van der Waals surface area contributed by atoms with E-state index in [2.05, 4.69) is 44.5 Å². The minimum Gasteiger partial charge on any atom is -0.366 e. The maximum atomic E-state index is 13.7. The van der Waals surface area contributed by atoms with Crippen molar-refractivity contribution in [1.82, 2.24) is 9.97 Å². The van der Waals surface area contributed by atoms with E-state index in [1.165, 1.54) is 17.2 Å². The van der Waals surface area contributed by atoms with E-state index in [0.29, 0.717) is 17.9 Å². The van der Waals surface area contributed by atoms with Crippen LogP contribution in [0.3, 0.4) is 0 Å². The van der Waals surface area contributed by atoms with Gasteiger partial charge >= 0.3 is 0 Å². The van der Waals surface area contributed by atoms with Crippen LogP contribution in [0.4, 0.5) is 16.0 Å². The van der Waals surface area contributed by atoms with E-state index in [9.17, 15) is 4.39 Å². The maximum Gasteiger partial charge on any atom is 0.134 e. The average molecular weight is 334 g/mol. The molecule has 3 aromatic rings. The van der Waals surface area contributed by atoms with Crippen molar-refractivity contribution in [3.63, 3.8) is 0 Å². The summed E-state index contributed by atoms with van der Waals surface area (Å²) in [4.78, 5) is 10.9. The van der Waals surface area contributed by atoms with Crippen LogP contribution in [0.1, 0.15) is 16.7 Å². The highest BCUT2D eigenvalue weighted by molar-refractivity contribution is 5.50. The molecule has 0 spiro atoms. The van der Waals surface area contributed by atoms with E-state index < -0.39 is 0 Å². The van der Waals surface area contributed by atoms with Crippen LogP contribution in [0, 0.1) is 5.82 Å². The Labute approximate surface area is 146 Å². The van der Waals surface area contributed by atoms with Gasteiger partial charge in [0.25, 0.3) is 0 Å². The van der Waals surface area contributed by atoms with E-state index in [1.54, 1.807) is 18.5 Å². The van der Waals surface area contributed by atoms with Crippen LogP contribution in [0.5, 0.6) is 0 Å². The predicted octanol–water partition coefficient (Wildman–Crippen LogP) is 3.79. The van der Waals surface area contributed by atoms with Crippen LogP contribution >= 0.6 is 0 Å². The molecule has 0 bridgehead atoms. The molecule has 0 unspecified atom stereocenters. The molecule has 1 aliphatic heterocycles. The lowest BCUT2D eigenvalue weighted by atomic mass is 10.00. The minimum absolute atomic E-state index is 0.211. The molecule has 0 saturated carbocycles. The van der Waals surface area contributed by atoms with Crippen LogP contribution < -0.4 is 10.2 Å². The number of halogens is 1. The lowest BCUT2D eigenvalue weighted by Gasteiger charge is -2.29. The molecule has 25 heavy (non-hydrogen) atoms. The van der Waals surface area contributed by atoms with Gasteiger partial charge in [0.2, 0.25) is 0 Å². The molecule has 1 aliphatic rings. The maximum absolute atomic E-state index is 13.7. The smallest absolute Gasteiger partial charge is 0.134 e. The highest BCUT2D eigenvalue weighted by atomic mass is 19.1. The van der Waals surface area contributed by atoms with Crippen molar-refractivity contribution < 1.29 is 4.39 Å². The molecule has 0 atom stereocenters. The summed E-state index contributed by atoms with van der Waals surface area (Å²) < 4.78 is 13.7. The third kappa shape index (κ3) is 3.45. The molecular weight excluding hydrogens is 315 g/mol. The van der Waals surface area contributed by atoms with E-state index in [1.807, 2.05) is 12.1 Å². The van der Waals surface area contributed by atoms with Crippen LogP contribution in [0.2, 0.25) is 0 Å². The van der Waals surface area contributed by atoms with Crippen molar-refractivity contribution >= 4 is 11.6 Å². The van der Waals surface area contributed by atoms with Gasteiger partial charge in [0.15, 0.2) is 0 Å². The van der Waals surface area contributed by atoms with E-state index in [4.69, 9.17) is 0 Å². The summed E-state index contributed by atoms with van der Waals surface area (Å²) in [5.74, 6) is 1.38. The van der Waals surface area contributed by atoms with Gasteiger partial charge in [0.05, 0.1) is 0 Å². The molecule has 0 saturated heterocycles. The van der Waals surface area contributed by atoms with Crippen molar-refractivity contribution in [1.29, 1.82) is 0 Å². The molecule has 0 radical (unpaired) electrons. The first-order chi connectivity index (χ1) is 12.3. The van der Waals surface area contributed by atoms with Crippen LogP contribution in [0.25, 0.3) is 0 Å². The number of nitrogens with one attached hydrogen (secondary N) is 1. The fourth-order valence-electron chi connectivity index (χ4n) is 3.14. The molecule has 126 valence electrons. The number of hydrogen-bond donors (Lipinski definition) is 1. The molecule has 0 amide bonds. The Morgan fingerprint density at radius 3 is 2.68 bits per heavy atom. The first-order valence-corrected chi connectivity index (χ1v) is 8.40. The van der Waals surface area contributed by atoms with Crippen molar-refractivity contribution in [2.75, 3.05) is 16.8 Å². The standard InChI is InChI=1S/C20H19FN4/c21-18-8-4-3-6-16(18)12-22-19-11-20(24-14-23-19)25-10-9-15-5-1-2-7-17(15)13-25/h1-8,11,14H,9-10,12-13H2,(H,22,23,24). The Hall–Kier alpha value is -2.95. The van der Waals surface area contributed by atoms with Crippen molar-refractivity contribution in [2.24, 2.45) is 0 Å². The molecule has 4 rings (SSSR count). The van der Waals surface area contributed by atoms with E-state index in [-0.39, 0.29) is 5.82 Å². The SMILES string of the molecule is Fc1ccccc1CNc1cc(N2CCc3ccccc3C2)ncn1. The molecule has 1 N–H and O–H groups in total. The Morgan fingerprint density at radius 1 is 1.00 bits per heavy atom. The second-order valence-corrected chi connectivity index (χ2v) is 6.15. The second kappa shape index (κ2) is 6.89. The zero-order valence-electron chi connectivity index (χ0n) is 13.8. The van der Waals surface area contributed by atoms with Crippen LogP contribution in [0.15, 0.2) is 60.9 Å². The van der Waals surface area contributed by atoms with Gasteiger partial charge in [0, 0.05) is 31.3 Å².